The maximum absolute atomic E-state index is 10.9. The molecule has 0 heterocycles. The molecule has 0 spiro atoms. The second-order valence-corrected chi connectivity index (χ2v) is 4.69. The van der Waals surface area contributed by atoms with Crippen molar-refractivity contribution in [3.63, 3.8) is 0 Å². The molecule has 0 aliphatic carbocycles. The number of aliphatic carboxylic acids is 1. The van der Waals surface area contributed by atoms with E-state index in [2.05, 4.69) is 0 Å². The molecule has 1 rings (SSSR count). The van der Waals surface area contributed by atoms with Crippen LogP contribution in [0.4, 0.5) is 0 Å². The maximum Gasteiger partial charge on any atom is 0.309 e. The Labute approximate surface area is 94.9 Å². The summed E-state index contributed by atoms with van der Waals surface area (Å²) in [5, 5.41) is 9.66. The third-order valence-corrected chi connectivity index (χ3v) is 2.92. The zero-order chi connectivity index (χ0) is 11.5. The molecular weight excluding hydrogens is 212 g/mol. The summed E-state index contributed by atoms with van der Waals surface area (Å²) in [6, 6.07) is 7.54. The van der Waals surface area contributed by atoms with E-state index >= 15 is 0 Å². The van der Waals surface area contributed by atoms with Crippen molar-refractivity contribution < 1.29 is 9.90 Å². The Bertz CT molecular complexity index is 358. The summed E-state index contributed by atoms with van der Waals surface area (Å²) in [4.78, 5) is 10.9. The van der Waals surface area contributed by atoms with Crippen molar-refractivity contribution in [1.82, 2.24) is 0 Å². The third-order valence-electron chi connectivity index (χ3n) is 2.56. The minimum atomic E-state index is -0.769. The van der Waals surface area contributed by atoms with E-state index < -0.39 is 11.4 Å². The topological polar surface area (TPSA) is 37.3 Å². The predicted molar refractivity (Wildman–Crippen MR) is 61.2 cm³/mol. The number of carbonyl (C=O) groups is 1. The first-order chi connectivity index (χ1) is 6.93. The second kappa shape index (κ2) is 4.67. The number of halogens is 1. The number of aryl methyl sites for hydroxylation is 1. The molecule has 0 fully saturated rings. The highest BCUT2D eigenvalue weighted by Gasteiger charge is 2.26. The zero-order valence-corrected chi connectivity index (χ0v) is 9.71. The Hall–Kier alpha value is -1.02. The molecule has 1 N–H and O–H groups in total. The minimum Gasteiger partial charge on any atom is -0.481 e. The summed E-state index contributed by atoms with van der Waals surface area (Å²) in [6.45, 7) is 3.46. The van der Waals surface area contributed by atoms with Crippen molar-refractivity contribution in [2.24, 2.45) is 5.41 Å². The lowest BCUT2D eigenvalue weighted by Crippen LogP contribution is -2.24. The van der Waals surface area contributed by atoms with Crippen LogP contribution < -0.4 is 0 Å². The second-order valence-electron chi connectivity index (χ2n) is 4.28. The van der Waals surface area contributed by atoms with Gasteiger partial charge < -0.3 is 5.11 Å². The molecule has 0 aliphatic heterocycles. The van der Waals surface area contributed by atoms with Gasteiger partial charge in [0.25, 0.3) is 0 Å². The van der Waals surface area contributed by atoms with Crippen LogP contribution in [-0.4, -0.2) is 11.1 Å². The molecule has 0 amide bonds. The van der Waals surface area contributed by atoms with Gasteiger partial charge in [-0.25, -0.2) is 0 Å². The summed E-state index contributed by atoms with van der Waals surface area (Å²) in [7, 11) is 0. The van der Waals surface area contributed by atoms with Crippen molar-refractivity contribution in [1.29, 1.82) is 0 Å². The number of benzene rings is 1. The molecule has 0 atom stereocenters. The highest BCUT2D eigenvalue weighted by atomic mass is 35.5. The first-order valence-corrected chi connectivity index (χ1v) is 5.28. The molecule has 0 saturated heterocycles. The first kappa shape index (κ1) is 12.1. The molecule has 3 heteroatoms. The van der Waals surface area contributed by atoms with Crippen molar-refractivity contribution in [2.45, 2.75) is 26.7 Å². The fourth-order valence-corrected chi connectivity index (χ4v) is 1.49. The van der Waals surface area contributed by atoms with Crippen LogP contribution in [0.25, 0.3) is 0 Å². The molecule has 0 bridgehead atoms. The molecule has 1 aromatic rings. The van der Waals surface area contributed by atoms with Crippen LogP contribution in [0, 0.1) is 5.41 Å². The summed E-state index contributed by atoms with van der Waals surface area (Å²) in [5.41, 5.74) is 0.313. The fraction of sp³-hybridized carbons (Fsp3) is 0.417. The number of hydrogen-bond donors (Lipinski definition) is 1. The van der Waals surface area contributed by atoms with E-state index in [1.807, 2.05) is 24.3 Å². The Kier molecular flexibility index (Phi) is 3.75. The average Bonchev–Trinajstić information content (AvgIpc) is 2.16. The van der Waals surface area contributed by atoms with Gasteiger partial charge in [-0.1, -0.05) is 29.8 Å². The highest BCUT2D eigenvalue weighted by molar-refractivity contribution is 6.31. The summed E-state index contributed by atoms with van der Waals surface area (Å²) < 4.78 is 0. The van der Waals surface area contributed by atoms with Crippen LogP contribution in [-0.2, 0) is 11.2 Å². The van der Waals surface area contributed by atoms with Gasteiger partial charge in [0.15, 0.2) is 0 Å². The molecule has 0 saturated carbocycles. The number of carboxylic acids is 1. The summed E-state index contributed by atoms with van der Waals surface area (Å²) >= 11 is 5.99. The van der Waals surface area contributed by atoms with Crippen LogP contribution in [0.1, 0.15) is 25.8 Å². The third kappa shape index (κ3) is 3.24. The monoisotopic (exact) mass is 226 g/mol. The maximum atomic E-state index is 10.9. The van der Waals surface area contributed by atoms with Gasteiger partial charge in [-0.05, 0) is 38.3 Å². The van der Waals surface area contributed by atoms with Gasteiger partial charge >= 0.3 is 5.97 Å². The van der Waals surface area contributed by atoms with Crippen molar-refractivity contribution in [3.05, 3.63) is 34.9 Å². The standard InChI is InChI=1S/C12H15ClO2/c1-12(2,11(14)15)8-7-9-5-3-4-6-10(9)13/h3-6H,7-8H2,1-2H3,(H,14,15). The summed E-state index contributed by atoms with van der Waals surface area (Å²) in [6.07, 6.45) is 1.28. The van der Waals surface area contributed by atoms with E-state index in [1.165, 1.54) is 0 Å². The molecule has 2 nitrogen and oxygen atoms in total. The molecule has 0 radical (unpaired) electrons. The fourth-order valence-electron chi connectivity index (χ4n) is 1.26. The molecule has 0 aromatic heterocycles. The van der Waals surface area contributed by atoms with Crippen molar-refractivity contribution in [2.75, 3.05) is 0 Å². The van der Waals surface area contributed by atoms with E-state index in [1.54, 1.807) is 13.8 Å². The number of hydrogen-bond acceptors (Lipinski definition) is 1. The average molecular weight is 227 g/mol. The van der Waals surface area contributed by atoms with Gasteiger partial charge in [0, 0.05) is 5.02 Å². The van der Waals surface area contributed by atoms with Crippen molar-refractivity contribution in [3.8, 4) is 0 Å². The quantitative estimate of drug-likeness (QED) is 0.855. The Balaban J connectivity index is 2.66. The predicted octanol–water partition coefficient (Wildman–Crippen LogP) is 3.38. The summed E-state index contributed by atoms with van der Waals surface area (Å²) in [5.74, 6) is -0.769. The van der Waals surface area contributed by atoms with Gasteiger partial charge in [0.2, 0.25) is 0 Å². The van der Waals surface area contributed by atoms with Crippen LogP contribution >= 0.6 is 11.6 Å². The van der Waals surface area contributed by atoms with E-state index in [-0.39, 0.29) is 0 Å². The van der Waals surface area contributed by atoms with E-state index in [9.17, 15) is 4.79 Å². The number of rotatable bonds is 4. The molecule has 0 aliphatic rings. The van der Waals surface area contributed by atoms with Gasteiger partial charge in [0.1, 0.15) is 0 Å². The highest BCUT2D eigenvalue weighted by Crippen LogP contribution is 2.25. The zero-order valence-electron chi connectivity index (χ0n) is 8.96. The van der Waals surface area contributed by atoms with Crippen LogP contribution in [0.3, 0.4) is 0 Å². The largest absolute Gasteiger partial charge is 0.481 e. The van der Waals surface area contributed by atoms with Gasteiger partial charge in [0.05, 0.1) is 5.41 Å². The lowest BCUT2D eigenvalue weighted by Gasteiger charge is -2.18. The number of carboxylic acid groups (broad SMARTS) is 1. The van der Waals surface area contributed by atoms with E-state index in [0.29, 0.717) is 17.9 Å². The van der Waals surface area contributed by atoms with Crippen LogP contribution in [0.15, 0.2) is 24.3 Å². The van der Waals surface area contributed by atoms with E-state index in [0.717, 1.165) is 5.56 Å². The minimum absolute atomic E-state index is 0.589. The Morgan fingerprint density at radius 3 is 2.53 bits per heavy atom. The van der Waals surface area contributed by atoms with Gasteiger partial charge in [-0.2, -0.15) is 0 Å². The molecule has 0 unspecified atom stereocenters. The first-order valence-electron chi connectivity index (χ1n) is 4.90. The van der Waals surface area contributed by atoms with Crippen LogP contribution in [0.5, 0.6) is 0 Å². The van der Waals surface area contributed by atoms with Gasteiger partial charge in [-0.3, -0.25) is 4.79 Å². The normalized spacial score (nSPS) is 11.4. The SMILES string of the molecule is CC(C)(CCc1ccccc1Cl)C(=O)O. The smallest absolute Gasteiger partial charge is 0.309 e. The van der Waals surface area contributed by atoms with Crippen molar-refractivity contribution >= 4 is 17.6 Å². The van der Waals surface area contributed by atoms with Crippen LogP contribution in [0.2, 0.25) is 5.02 Å². The molecular formula is C12H15ClO2. The lowest BCUT2D eigenvalue weighted by atomic mass is 9.86. The molecule has 15 heavy (non-hydrogen) atoms. The Morgan fingerprint density at radius 2 is 2.00 bits per heavy atom. The lowest BCUT2D eigenvalue weighted by molar-refractivity contribution is -0.147. The van der Waals surface area contributed by atoms with Gasteiger partial charge in [-0.15, -0.1) is 0 Å². The Morgan fingerprint density at radius 1 is 1.40 bits per heavy atom. The molecule has 82 valence electrons. The van der Waals surface area contributed by atoms with E-state index in [4.69, 9.17) is 16.7 Å². The molecule has 1 aromatic carbocycles.